The number of unbranched alkanes of at least 4 members (excludes halogenated alkanes) is 5. The van der Waals surface area contributed by atoms with Crippen molar-refractivity contribution in [1.29, 1.82) is 0 Å². The molecule has 0 saturated heterocycles. The van der Waals surface area contributed by atoms with E-state index in [0.717, 1.165) is 42.1 Å². The van der Waals surface area contributed by atoms with Crippen LogP contribution < -0.4 is 0 Å². The number of thioether (sulfide) groups is 1. The second-order valence-corrected chi connectivity index (χ2v) is 16.1. The Hall–Kier alpha value is 0.0500. The second-order valence-electron chi connectivity index (χ2n) is 15.1. The highest BCUT2D eigenvalue weighted by Gasteiger charge is 2.59. The summed E-state index contributed by atoms with van der Waals surface area (Å²) < 4.78 is 6.49. The summed E-state index contributed by atoms with van der Waals surface area (Å²) in [4.78, 5) is 0. The predicted octanol–water partition coefficient (Wildman–Crippen LogP) is 12.1. The third kappa shape index (κ3) is 8.36. The Balaban J connectivity index is 0.00000216. The maximum atomic E-state index is 6.49. The van der Waals surface area contributed by atoms with Crippen LogP contribution in [-0.4, -0.2) is 24.7 Å². The van der Waals surface area contributed by atoms with Crippen LogP contribution in [0.3, 0.4) is 0 Å². The van der Waals surface area contributed by atoms with Crippen LogP contribution in [0.4, 0.5) is 0 Å². The first-order chi connectivity index (χ1) is 19.3. The van der Waals surface area contributed by atoms with Gasteiger partial charge >= 0.3 is 0 Å². The first-order valence-corrected chi connectivity index (χ1v) is 19.5. The molecule has 0 bridgehead atoms. The molecule has 1 nitrogen and oxygen atoms in total. The topological polar surface area (TPSA) is 9.23 Å². The van der Waals surface area contributed by atoms with Crippen molar-refractivity contribution >= 4 is 11.8 Å². The Morgan fingerprint density at radius 1 is 0.850 bits per heavy atom. The summed E-state index contributed by atoms with van der Waals surface area (Å²) in [7, 11) is 0. The number of allylic oxidation sites excluding steroid dienone is 1. The molecular formula is C38H70OS. The second kappa shape index (κ2) is 16.8. The smallest absolute Gasteiger partial charge is 0.0612 e. The summed E-state index contributed by atoms with van der Waals surface area (Å²) in [5, 5.41) is 0. The number of ether oxygens (including phenoxy) is 1. The van der Waals surface area contributed by atoms with Crippen molar-refractivity contribution in [2.24, 2.45) is 46.3 Å². The van der Waals surface area contributed by atoms with Gasteiger partial charge in [-0.05, 0) is 123 Å². The van der Waals surface area contributed by atoms with E-state index in [1.54, 1.807) is 5.57 Å². The Bertz CT molecular complexity index is 744. The quantitative estimate of drug-likeness (QED) is 0.142. The third-order valence-electron chi connectivity index (χ3n) is 12.4. The highest BCUT2D eigenvalue weighted by atomic mass is 32.2. The lowest BCUT2D eigenvalue weighted by Gasteiger charge is -2.58. The number of hydrogen-bond acceptors (Lipinski definition) is 2. The van der Waals surface area contributed by atoms with Gasteiger partial charge in [0.25, 0.3) is 0 Å². The van der Waals surface area contributed by atoms with Gasteiger partial charge in [0, 0.05) is 6.61 Å². The highest BCUT2D eigenvalue weighted by Crippen LogP contribution is 2.67. The monoisotopic (exact) mass is 575 g/mol. The van der Waals surface area contributed by atoms with E-state index in [1.807, 2.05) is 25.6 Å². The van der Waals surface area contributed by atoms with Crippen LogP contribution in [-0.2, 0) is 4.74 Å². The molecule has 3 fully saturated rings. The Morgan fingerprint density at radius 3 is 2.30 bits per heavy atom. The minimum absolute atomic E-state index is 0.460. The van der Waals surface area contributed by atoms with Crippen molar-refractivity contribution in [3.8, 4) is 0 Å². The highest BCUT2D eigenvalue weighted by molar-refractivity contribution is 7.98. The summed E-state index contributed by atoms with van der Waals surface area (Å²) in [5.41, 5.74) is 2.86. The van der Waals surface area contributed by atoms with E-state index in [0.29, 0.717) is 16.9 Å². The average Bonchev–Trinajstić information content (AvgIpc) is 3.30. The molecule has 8 unspecified atom stereocenters. The lowest BCUT2D eigenvalue weighted by Crippen LogP contribution is -2.51. The van der Waals surface area contributed by atoms with Crippen molar-refractivity contribution in [3.63, 3.8) is 0 Å². The van der Waals surface area contributed by atoms with Crippen LogP contribution >= 0.6 is 11.8 Å². The van der Waals surface area contributed by atoms with Gasteiger partial charge in [0.2, 0.25) is 0 Å². The van der Waals surface area contributed by atoms with Crippen LogP contribution in [0.15, 0.2) is 11.6 Å². The van der Waals surface area contributed by atoms with Crippen LogP contribution in [0.25, 0.3) is 0 Å². The van der Waals surface area contributed by atoms with Crippen LogP contribution in [0, 0.1) is 46.3 Å². The Kier molecular flexibility index (Phi) is 14.5. The fourth-order valence-electron chi connectivity index (χ4n) is 10.1. The standard InChI is InChI=1S/C36H64OS.C2H6/c1-27(2)14-13-15-28(3)32-18-19-33-31-17-16-29-26-30(37-24-11-9-7-8-10-12-25-38-6)20-22-35(29,4)34(31)21-23-36(32,33)5;1-2/h16,27-28,30-34H,7-15,17-26H2,1-6H3;1-2H3. The molecule has 0 amide bonds. The fraction of sp³-hybridized carbons (Fsp3) is 0.947. The van der Waals surface area contributed by atoms with E-state index < -0.39 is 0 Å². The largest absolute Gasteiger partial charge is 0.378 e. The minimum Gasteiger partial charge on any atom is -0.378 e. The molecule has 0 N–H and O–H groups in total. The van der Waals surface area contributed by atoms with Crippen molar-refractivity contribution < 1.29 is 4.74 Å². The summed E-state index contributed by atoms with van der Waals surface area (Å²) in [6, 6.07) is 0. The zero-order chi connectivity index (χ0) is 29.2. The zero-order valence-electron chi connectivity index (χ0n) is 28.4. The van der Waals surface area contributed by atoms with E-state index >= 15 is 0 Å². The van der Waals surface area contributed by atoms with Crippen LogP contribution in [0.5, 0.6) is 0 Å². The summed E-state index contributed by atoms with van der Waals surface area (Å²) in [6.07, 6.45) is 29.3. The summed E-state index contributed by atoms with van der Waals surface area (Å²) >= 11 is 1.99. The molecule has 0 aromatic heterocycles. The summed E-state index contributed by atoms with van der Waals surface area (Å²) in [6.45, 7) is 17.8. The van der Waals surface area contributed by atoms with Gasteiger partial charge in [-0.2, -0.15) is 11.8 Å². The zero-order valence-corrected chi connectivity index (χ0v) is 29.2. The first kappa shape index (κ1) is 34.5. The summed E-state index contributed by atoms with van der Waals surface area (Å²) in [5.74, 6) is 6.93. The van der Waals surface area contributed by atoms with Gasteiger partial charge in [0.15, 0.2) is 0 Å². The van der Waals surface area contributed by atoms with E-state index in [2.05, 4.69) is 47.0 Å². The molecule has 0 aliphatic heterocycles. The molecule has 40 heavy (non-hydrogen) atoms. The van der Waals surface area contributed by atoms with Gasteiger partial charge in [-0.1, -0.05) is 105 Å². The van der Waals surface area contributed by atoms with Crippen molar-refractivity contribution in [2.75, 3.05) is 18.6 Å². The third-order valence-corrected chi connectivity index (χ3v) is 13.1. The molecule has 0 heterocycles. The molecule has 8 atom stereocenters. The Morgan fingerprint density at radius 2 is 1.57 bits per heavy atom. The first-order valence-electron chi connectivity index (χ1n) is 18.1. The lowest BCUT2D eigenvalue weighted by atomic mass is 9.47. The van der Waals surface area contributed by atoms with E-state index in [4.69, 9.17) is 4.74 Å². The molecule has 0 radical (unpaired) electrons. The molecule has 234 valence electrons. The molecule has 0 spiro atoms. The maximum absolute atomic E-state index is 6.49. The number of fused-ring (bicyclic) bond motifs is 5. The van der Waals surface area contributed by atoms with Crippen LogP contribution in [0.1, 0.15) is 158 Å². The molecule has 3 saturated carbocycles. The normalized spacial score (nSPS) is 35.7. The lowest BCUT2D eigenvalue weighted by molar-refractivity contribution is -0.0641. The Labute approximate surface area is 256 Å². The van der Waals surface area contributed by atoms with E-state index in [1.165, 1.54) is 115 Å². The van der Waals surface area contributed by atoms with Crippen molar-refractivity contribution in [3.05, 3.63) is 11.6 Å². The molecule has 0 aromatic rings. The molecule has 4 rings (SSSR count). The maximum Gasteiger partial charge on any atom is 0.0612 e. The average molecular weight is 575 g/mol. The fourth-order valence-corrected chi connectivity index (χ4v) is 10.6. The minimum atomic E-state index is 0.460. The number of rotatable bonds is 15. The molecular weight excluding hydrogens is 504 g/mol. The number of hydrogen-bond donors (Lipinski definition) is 0. The van der Waals surface area contributed by atoms with Gasteiger partial charge in [0.1, 0.15) is 0 Å². The SMILES string of the molecule is CC.CSCCCCCCCCOC1CCC2(C)C(=CCC3C2CCC2(C)C(C(C)CCCC(C)C)CCC32)C1. The van der Waals surface area contributed by atoms with Crippen molar-refractivity contribution in [1.82, 2.24) is 0 Å². The van der Waals surface area contributed by atoms with E-state index in [-0.39, 0.29) is 0 Å². The van der Waals surface area contributed by atoms with Gasteiger partial charge in [-0.25, -0.2) is 0 Å². The van der Waals surface area contributed by atoms with Gasteiger partial charge in [-0.3, -0.25) is 0 Å². The van der Waals surface area contributed by atoms with Gasteiger partial charge in [0.05, 0.1) is 6.10 Å². The molecule has 4 aliphatic carbocycles. The van der Waals surface area contributed by atoms with Gasteiger partial charge < -0.3 is 4.74 Å². The van der Waals surface area contributed by atoms with Crippen LogP contribution in [0.2, 0.25) is 0 Å². The van der Waals surface area contributed by atoms with E-state index in [9.17, 15) is 0 Å². The van der Waals surface area contributed by atoms with Gasteiger partial charge in [-0.15, -0.1) is 0 Å². The molecule has 4 aliphatic rings. The molecule has 2 heteroatoms. The molecule has 0 aromatic carbocycles. The predicted molar refractivity (Wildman–Crippen MR) is 180 cm³/mol. The van der Waals surface area contributed by atoms with Crippen molar-refractivity contribution in [2.45, 2.75) is 164 Å².